The van der Waals surface area contributed by atoms with E-state index in [0.717, 1.165) is 98.2 Å². The third-order valence-electron chi connectivity index (χ3n) is 6.70. The number of aromatic nitrogens is 3. The van der Waals surface area contributed by atoms with E-state index in [2.05, 4.69) is 57.3 Å². The molecule has 3 N–H and O–H groups in total. The number of hydrogen-bond donors (Lipinski definition) is 2. The van der Waals surface area contributed by atoms with Crippen molar-refractivity contribution in [1.29, 1.82) is 0 Å². The molecule has 0 amide bonds. The number of carbonyl (C=O) groups excluding carboxylic acids is 1. The first-order valence-electron chi connectivity index (χ1n) is 14.1. The SMILES string of the molecule is CN.COc1nc2ccccc2cc1-c1cnc(CCCCC[N-]c2ccccc2SC)[nH]1.O=CC1CCOCC1.[Y]. The molecule has 1 aliphatic heterocycles. The van der Waals surface area contributed by atoms with Crippen LogP contribution in [0.15, 0.2) is 65.7 Å². The third-order valence-corrected chi connectivity index (χ3v) is 7.48. The number of carbonyl (C=O) groups is 1. The smallest absolute Gasteiger partial charge is 0.223 e. The Morgan fingerprint density at radius 1 is 1.10 bits per heavy atom. The summed E-state index contributed by atoms with van der Waals surface area (Å²) in [6, 6.07) is 18.5. The number of rotatable bonds is 11. The Balaban J connectivity index is 0.000000480. The molecule has 10 heteroatoms. The van der Waals surface area contributed by atoms with Gasteiger partial charge in [-0.1, -0.05) is 49.2 Å². The Hall–Kier alpha value is -2.30. The molecule has 0 aliphatic carbocycles. The van der Waals surface area contributed by atoms with Crippen LogP contribution < -0.4 is 10.5 Å². The normalized spacial score (nSPS) is 12.7. The van der Waals surface area contributed by atoms with E-state index < -0.39 is 0 Å². The van der Waals surface area contributed by atoms with E-state index in [4.69, 9.17) is 14.8 Å². The molecule has 0 atom stereocenters. The number of thioether (sulfide) groups is 1. The van der Waals surface area contributed by atoms with Gasteiger partial charge in [-0.2, -0.15) is 0 Å². The molecule has 1 saturated heterocycles. The number of pyridine rings is 1. The zero-order chi connectivity index (χ0) is 29.3. The second kappa shape index (κ2) is 20.6. The van der Waals surface area contributed by atoms with Crippen molar-refractivity contribution in [3.63, 3.8) is 0 Å². The largest absolute Gasteiger partial charge is 0.683 e. The van der Waals surface area contributed by atoms with Gasteiger partial charge >= 0.3 is 0 Å². The predicted octanol–water partition coefficient (Wildman–Crippen LogP) is 6.96. The van der Waals surface area contributed by atoms with Gasteiger partial charge in [-0.05, 0) is 55.7 Å². The Morgan fingerprint density at radius 3 is 2.55 bits per heavy atom. The Labute approximate surface area is 279 Å². The van der Waals surface area contributed by atoms with Crippen molar-refractivity contribution >= 4 is 34.6 Å². The van der Waals surface area contributed by atoms with Crippen LogP contribution in [0.1, 0.15) is 37.9 Å². The number of H-pyrrole nitrogens is 1. The molecule has 1 fully saturated rings. The molecule has 42 heavy (non-hydrogen) atoms. The summed E-state index contributed by atoms with van der Waals surface area (Å²) in [5.74, 6) is 1.89. The fraction of sp³-hybridized carbons (Fsp3) is 0.406. The van der Waals surface area contributed by atoms with Crippen LogP contribution in [0.25, 0.3) is 27.5 Å². The number of aryl methyl sites for hydroxylation is 1. The monoisotopic (exact) mass is 665 g/mol. The quantitative estimate of drug-likeness (QED) is 0.101. The number of nitrogens with two attached hydrogens (primary N) is 1. The summed E-state index contributed by atoms with van der Waals surface area (Å²) in [7, 11) is 3.15. The predicted molar refractivity (Wildman–Crippen MR) is 169 cm³/mol. The maximum Gasteiger partial charge on any atom is 0.223 e. The molecule has 3 heterocycles. The second-order valence-corrected chi connectivity index (χ2v) is 10.3. The van der Waals surface area contributed by atoms with Crippen molar-refractivity contribution in [3.05, 3.63) is 71.9 Å². The summed E-state index contributed by atoms with van der Waals surface area (Å²) in [5.41, 5.74) is 8.40. The number of imidazole rings is 1. The van der Waals surface area contributed by atoms with Gasteiger partial charge in [0.15, 0.2) is 0 Å². The number of nitrogens with zero attached hydrogens (tertiary/aromatic N) is 3. The Morgan fingerprint density at radius 2 is 1.83 bits per heavy atom. The fourth-order valence-electron chi connectivity index (χ4n) is 4.47. The number of para-hydroxylation sites is 2. The molecule has 1 radical (unpaired) electrons. The maximum atomic E-state index is 10.1. The summed E-state index contributed by atoms with van der Waals surface area (Å²) < 4.78 is 10.6. The second-order valence-electron chi connectivity index (χ2n) is 9.43. The van der Waals surface area contributed by atoms with E-state index in [1.165, 1.54) is 11.9 Å². The average molecular weight is 666 g/mol. The summed E-state index contributed by atoms with van der Waals surface area (Å²) in [6.07, 6.45) is 11.0. The van der Waals surface area contributed by atoms with E-state index in [9.17, 15) is 4.79 Å². The molecule has 1 aliphatic rings. The summed E-state index contributed by atoms with van der Waals surface area (Å²) >= 11 is 1.74. The molecule has 2 aromatic heterocycles. The molecule has 223 valence electrons. The van der Waals surface area contributed by atoms with Gasteiger partial charge < -0.3 is 30.3 Å². The topological polar surface area (TPSA) is 117 Å². The van der Waals surface area contributed by atoms with Crippen molar-refractivity contribution < 1.29 is 47.0 Å². The molecule has 0 saturated carbocycles. The van der Waals surface area contributed by atoms with Crippen LogP contribution in [0, 0.1) is 5.92 Å². The first kappa shape index (κ1) is 35.9. The van der Waals surface area contributed by atoms with Crippen LogP contribution in [-0.4, -0.2) is 61.4 Å². The van der Waals surface area contributed by atoms with Crippen molar-refractivity contribution in [2.45, 2.75) is 43.4 Å². The Kier molecular flexibility index (Phi) is 17.6. The number of ether oxygens (including phenoxy) is 2. The standard InChI is InChI=1S/C25H27N4OS.C6H10O2.CH5N.Y/c1-30-25-19(16-18-10-5-6-11-20(18)29-25)22-17-27-24(28-22)14-4-3-9-15-26-21-12-7-8-13-23(21)31-2;7-5-6-1-3-8-4-2-6;1-2;/h5-8,10-13,16-17H,3-4,9,14-15H2,1-2H3,(H,27,28);5-6H,1-4H2;2H2,1H3;/q-1;;;. The van der Waals surface area contributed by atoms with Crippen LogP contribution >= 0.6 is 11.8 Å². The molecule has 8 nitrogen and oxygen atoms in total. The van der Waals surface area contributed by atoms with E-state index in [0.29, 0.717) is 5.88 Å². The number of unbranched alkanes of at least 4 members (excludes halogenated alkanes) is 2. The number of methoxy groups -OCH3 is 1. The van der Waals surface area contributed by atoms with Gasteiger partial charge in [0.25, 0.3) is 0 Å². The molecule has 0 unspecified atom stereocenters. The van der Waals surface area contributed by atoms with Crippen molar-refractivity contribution in [3.8, 4) is 17.1 Å². The van der Waals surface area contributed by atoms with E-state index >= 15 is 0 Å². The maximum absolute atomic E-state index is 10.1. The molecule has 4 aromatic rings. The zero-order valence-corrected chi connectivity index (χ0v) is 28.6. The Bertz CT molecular complexity index is 1330. The van der Waals surface area contributed by atoms with Gasteiger partial charge in [-0.25, -0.2) is 9.97 Å². The number of fused-ring (bicyclic) bond motifs is 1. The summed E-state index contributed by atoms with van der Waals surface area (Å²) in [6.45, 7) is 2.40. The van der Waals surface area contributed by atoms with Crippen molar-refractivity contribution in [2.24, 2.45) is 11.7 Å². The summed E-state index contributed by atoms with van der Waals surface area (Å²) in [4.78, 5) is 24.0. The molecule has 5 rings (SSSR count). The third kappa shape index (κ3) is 11.1. The van der Waals surface area contributed by atoms with Gasteiger partial charge in [-0.15, -0.1) is 24.0 Å². The minimum Gasteiger partial charge on any atom is -0.683 e. The average Bonchev–Trinajstić information content (AvgIpc) is 3.52. The molecule has 0 spiro atoms. The van der Waals surface area contributed by atoms with Crippen LogP contribution in [0.2, 0.25) is 0 Å². The van der Waals surface area contributed by atoms with Crippen LogP contribution in [0.4, 0.5) is 5.69 Å². The summed E-state index contributed by atoms with van der Waals surface area (Å²) in [5, 5.41) is 5.83. The molecule has 2 aromatic carbocycles. The van der Waals surface area contributed by atoms with Crippen LogP contribution in [0.3, 0.4) is 0 Å². The van der Waals surface area contributed by atoms with E-state index in [1.807, 2.05) is 30.5 Å². The van der Waals surface area contributed by atoms with Crippen molar-refractivity contribution in [1.82, 2.24) is 15.0 Å². The molecule has 0 bridgehead atoms. The van der Waals surface area contributed by atoms with Crippen LogP contribution in [0.5, 0.6) is 5.88 Å². The number of benzene rings is 2. The van der Waals surface area contributed by atoms with Gasteiger partial charge in [-0.3, -0.25) is 0 Å². The van der Waals surface area contributed by atoms with E-state index in [-0.39, 0.29) is 38.6 Å². The molecular weight excluding hydrogens is 623 g/mol. The number of aromatic amines is 1. The minimum atomic E-state index is 0. The van der Waals surface area contributed by atoms with Gasteiger partial charge in [0.1, 0.15) is 12.1 Å². The first-order valence-corrected chi connectivity index (χ1v) is 15.3. The number of aldehydes is 1. The first-order chi connectivity index (χ1) is 20.2. The van der Waals surface area contributed by atoms with Crippen molar-refractivity contribution in [2.75, 3.05) is 40.2 Å². The van der Waals surface area contributed by atoms with Gasteiger partial charge in [0.05, 0.1) is 30.1 Å². The zero-order valence-electron chi connectivity index (χ0n) is 24.9. The fourth-order valence-corrected chi connectivity index (χ4v) is 5.02. The molecular formula is C32H42N5O3SY-. The van der Waals surface area contributed by atoms with E-state index in [1.54, 1.807) is 18.9 Å². The number of nitrogens with one attached hydrogen (secondary N) is 1. The number of hydrogen-bond acceptors (Lipinski definition) is 7. The van der Waals surface area contributed by atoms with Gasteiger partial charge in [0.2, 0.25) is 5.88 Å². The van der Waals surface area contributed by atoms with Crippen LogP contribution in [-0.2, 0) is 48.7 Å². The van der Waals surface area contributed by atoms with Gasteiger partial charge in [0, 0.05) is 63.6 Å². The minimum absolute atomic E-state index is 0.